The van der Waals surface area contributed by atoms with Crippen molar-refractivity contribution in [2.45, 2.75) is 44.9 Å². The van der Waals surface area contributed by atoms with Gasteiger partial charge in [0.2, 0.25) is 5.24 Å². The maximum atomic E-state index is 11.2. The Labute approximate surface area is 84.8 Å². The summed E-state index contributed by atoms with van der Waals surface area (Å²) in [6, 6.07) is 0. The molecular weight excluding hydrogens is 184 g/mol. The zero-order valence-electron chi connectivity index (χ0n) is 7.97. The highest BCUT2D eigenvalue weighted by Crippen LogP contribution is 2.44. The van der Waals surface area contributed by atoms with Crippen molar-refractivity contribution in [1.82, 2.24) is 0 Å². The second kappa shape index (κ2) is 4.00. The Morgan fingerprint density at radius 3 is 2.46 bits per heavy atom. The summed E-state index contributed by atoms with van der Waals surface area (Å²) in [6.45, 7) is 0. The van der Waals surface area contributed by atoms with E-state index in [0.29, 0.717) is 5.92 Å². The van der Waals surface area contributed by atoms with Crippen molar-refractivity contribution in [1.29, 1.82) is 0 Å². The fourth-order valence-electron chi connectivity index (χ4n) is 3.22. The average molecular weight is 201 g/mol. The molecule has 0 radical (unpaired) electrons. The second-order valence-corrected chi connectivity index (χ2v) is 4.92. The molecule has 0 aromatic rings. The molecular formula is C11H17ClO. The Balaban J connectivity index is 2.06. The number of hydrogen-bond donors (Lipinski definition) is 0. The average Bonchev–Trinajstić information content (AvgIpc) is 2.17. The van der Waals surface area contributed by atoms with Gasteiger partial charge in [0.05, 0.1) is 0 Å². The van der Waals surface area contributed by atoms with Crippen molar-refractivity contribution in [3.8, 4) is 0 Å². The van der Waals surface area contributed by atoms with E-state index in [2.05, 4.69) is 0 Å². The molecule has 0 spiro atoms. The monoisotopic (exact) mass is 200 g/mol. The topological polar surface area (TPSA) is 17.1 Å². The van der Waals surface area contributed by atoms with Gasteiger partial charge in [-0.05, 0) is 36.3 Å². The minimum absolute atomic E-state index is 0.0726. The van der Waals surface area contributed by atoms with Crippen LogP contribution in [0.15, 0.2) is 0 Å². The third kappa shape index (κ3) is 1.90. The van der Waals surface area contributed by atoms with Crippen molar-refractivity contribution in [3.63, 3.8) is 0 Å². The summed E-state index contributed by atoms with van der Waals surface area (Å²) < 4.78 is 0. The van der Waals surface area contributed by atoms with E-state index in [1.165, 1.54) is 38.5 Å². The van der Waals surface area contributed by atoms with Crippen LogP contribution in [0.1, 0.15) is 44.9 Å². The molecule has 0 aliphatic heterocycles. The standard InChI is InChI=1S/C11H17ClO/c12-11(13)10-7-3-5-8-4-1-2-6-9(8)10/h8-10H,1-7H2. The van der Waals surface area contributed by atoms with Crippen molar-refractivity contribution in [2.24, 2.45) is 17.8 Å². The second-order valence-electron chi connectivity index (χ2n) is 4.55. The van der Waals surface area contributed by atoms with Crippen LogP contribution in [0.2, 0.25) is 0 Å². The fraction of sp³-hybridized carbons (Fsp3) is 0.909. The molecule has 2 aliphatic carbocycles. The third-order valence-electron chi connectivity index (χ3n) is 3.87. The van der Waals surface area contributed by atoms with Crippen LogP contribution in [0, 0.1) is 17.8 Å². The molecule has 74 valence electrons. The molecule has 2 rings (SSSR count). The summed E-state index contributed by atoms with van der Waals surface area (Å²) in [5.74, 6) is 1.64. The van der Waals surface area contributed by atoms with E-state index < -0.39 is 0 Å². The summed E-state index contributed by atoms with van der Waals surface area (Å²) in [5.41, 5.74) is 0. The predicted molar refractivity (Wildman–Crippen MR) is 53.6 cm³/mol. The molecule has 0 aromatic heterocycles. The van der Waals surface area contributed by atoms with Gasteiger partial charge in [0, 0.05) is 5.92 Å². The van der Waals surface area contributed by atoms with Crippen molar-refractivity contribution in [2.75, 3.05) is 0 Å². The summed E-state index contributed by atoms with van der Waals surface area (Å²) in [7, 11) is 0. The van der Waals surface area contributed by atoms with Gasteiger partial charge in [-0.1, -0.05) is 32.1 Å². The number of rotatable bonds is 1. The van der Waals surface area contributed by atoms with Gasteiger partial charge in [-0.3, -0.25) is 4.79 Å². The number of carbonyl (C=O) groups is 1. The Morgan fingerprint density at radius 2 is 1.69 bits per heavy atom. The van der Waals surface area contributed by atoms with Crippen LogP contribution in [0.25, 0.3) is 0 Å². The minimum atomic E-state index is -0.0726. The molecule has 0 aromatic carbocycles. The van der Waals surface area contributed by atoms with Crippen LogP contribution < -0.4 is 0 Å². The van der Waals surface area contributed by atoms with Gasteiger partial charge in [0.1, 0.15) is 0 Å². The summed E-state index contributed by atoms with van der Waals surface area (Å²) >= 11 is 5.64. The number of fused-ring (bicyclic) bond motifs is 1. The fourth-order valence-corrected chi connectivity index (χ4v) is 3.49. The SMILES string of the molecule is O=C(Cl)C1CCCC2CCCCC21. The van der Waals surface area contributed by atoms with E-state index in [9.17, 15) is 4.79 Å². The molecule has 0 heterocycles. The smallest absolute Gasteiger partial charge is 0.225 e. The van der Waals surface area contributed by atoms with Gasteiger partial charge < -0.3 is 0 Å². The molecule has 1 nitrogen and oxygen atoms in total. The molecule has 2 aliphatic rings. The Bertz CT molecular complexity index is 200. The predicted octanol–water partition coefficient (Wildman–Crippen LogP) is 3.36. The van der Waals surface area contributed by atoms with Gasteiger partial charge >= 0.3 is 0 Å². The first-order valence-corrected chi connectivity index (χ1v) is 5.86. The lowest BCUT2D eigenvalue weighted by molar-refractivity contribution is -0.119. The molecule has 0 bridgehead atoms. The first kappa shape index (κ1) is 9.51. The van der Waals surface area contributed by atoms with E-state index >= 15 is 0 Å². The molecule has 0 saturated heterocycles. The van der Waals surface area contributed by atoms with Crippen LogP contribution in [0.4, 0.5) is 0 Å². The third-order valence-corrected chi connectivity index (χ3v) is 4.15. The molecule has 0 N–H and O–H groups in total. The first-order chi connectivity index (χ1) is 6.29. The van der Waals surface area contributed by atoms with E-state index in [-0.39, 0.29) is 11.2 Å². The molecule has 2 fully saturated rings. The molecule has 13 heavy (non-hydrogen) atoms. The lowest BCUT2D eigenvalue weighted by Crippen LogP contribution is -2.33. The number of halogens is 1. The van der Waals surface area contributed by atoms with Crippen molar-refractivity contribution >= 4 is 16.8 Å². The molecule has 2 saturated carbocycles. The van der Waals surface area contributed by atoms with Gasteiger partial charge in [-0.2, -0.15) is 0 Å². The zero-order valence-corrected chi connectivity index (χ0v) is 8.72. The van der Waals surface area contributed by atoms with Gasteiger partial charge in [-0.25, -0.2) is 0 Å². The molecule has 3 unspecified atom stereocenters. The first-order valence-electron chi connectivity index (χ1n) is 5.48. The summed E-state index contributed by atoms with van der Waals surface area (Å²) in [4.78, 5) is 11.2. The lowest BCUT2D eigenvalue weighted by atomic mass is 9.66. The molecule has 2 heteroatoms. The van der Waals surface area contributed by atoms with E-state index in [1.54, 1.807) is 0 Å². The van der Waals surface area contributed by atoms with Crippen LogP contribution in [-0.4, -0.2) is 5.24 Å². The van der Waals surface area contributed by atoms with E-state index in [1.807, 2.05) is 0 Å². The van der Waals surface area contributed by atoms with Gasteiger partial charge in [-0.15, -0.1) is 0 Å². The Morgan fingerprint density at radius 1 is 1.00 bits per heavy atom. The Hall–Kier alpha value is -0.0400. The quantitative estimate of drug-likeness (QED) is 0.594. The minimum Gasteiger partial charge on any atom is -0.281 e. The van der Waals surface area contributed by atoms with E-state index in [4.69, 9.17) is 11.6 Å². The maximum absolute atomic E-state index is 11.2. The largest absolute Gasteiger partial charge is 0.281 e. The summed E-state index contributed by atoms with van der Waals surface area (Å²) in [5, 5.41) is -0.0726. The summed E-state index contributed by atoms with van der Waals surface area (Å²) in [6.07, 6.45) is 8.85. The number of carbonyl (C=O) groups excluding carboxylic acids is 1. The van der Waals surface area contributed by atoms with Crippen LogP contribution in [-0.2, 0) is 4.79 Å². The molecule has 3 atom stereocenters. The highest BCUT2D eigenvalue weighted by Gasteiger charge is 2.37. The van der Waals surface area contributed by atoms with Gasteiger partial charge in [0.25, 0.3) is 0 Å². The highest BCUT2D eigenvalue weighted by atomic mass is 35.5. The van der Waals surface area contributed by atoms with Gasteiger partial charge in [0.15, 0.2) is 0 Å². The van der Waals surface area contributed by atoms with Crippen LogP contribution >= 0.6 is 11.6 Å². The van der Waals surface area contributed by atoms with Crippen molar-refractivity contribution < 1.29 is 4.79 Å². The van der Waals surface area contributed by atoms with Crippen molar-refractivity contribution in [3.05, 3.63) is 0 Å². The maximum Gasteiger partial charge on any atom is 0.225 e. The highest BCUT2D eigenvalue weighted by molar-refractivity contribution is 6.64. The van der Waals surface area contributed by atoms with E-state index in [0.717, 1.165) is 12.3 Å². The normalized spacial score (nSPS) is 39.6. The van der Waals surface area contributed by atoms with Crippen LogP contribution in [0.3, 0.4) is 0 Å². The number of hydrogen-bond acceptors (Lipinski definition) is 1. The lowest BCUT2D eigenvalue weighted by Gasteiger charge is -2.39. The van der Waals surface area contributed by atoms with Crippen LogP contribution in [0.5, 0.6) is 0 Å². The zero-order chi connectivity index (χ0) is 9.26. The Kier molecular flexibility index (Phi) is 2.92. The molecule has 0 amide bonds.